The Morgan fingerprint density at radius 1 is 0.900 bits per heavy atom. The van der Waals surface area contributed by atoms with Crippen molar-refractivity contribution in [3.05, 3.63) is 59.2 Å². The van der Waals surface area contributed by atoms with Crippen molar-refractivity contribution in [2.24, 2.45) is 0 Å². The molecule has 0 aliphatic heterocycles. The number of hydrogen-bond acceptors (Lipinski definition) is 2. The van der Waals surface area contributed by atoms with Crippen molar-refractivity contribution in [3.8, 4) is 23.5 Å². The van der Waals surface area contributed by atoms with Crippen molar-refractivity contribution in [1.82, 2.24) is 0 Å². The van der Waals surface area contributed by atoms with Crippen molar-refractivity contribution in [2.75, 3.05) is 0 Å². The maximum Gasteiger partial charge on any atom is 0.336 e. The van der Waals surface area contributed by atoms with Crippen LogP contribution in [-0.4, -0.2) is 22.2 Å². The number of benzene rings is 2. The van der Waals surface area contributed by atoms with E-state index in [1.807, 2.05) is 0 Å². The van der Waals surface area contributed by atoms with Crippen molar-refractivity contribution in [1.29, 1.82) is 0 Å². The molecule has 0 unspecified atom stereocenters. The van der Waals surface area contributed by atoms with Crippen LogP contribution < -0.4 is 0 Å². The van der Waals surface area contributed by atoms with Gasteiger partial charge in [0.05, 0.1) is 11.1 Å². The standard InChI is InChI=1S/C16H10O4/c1-2-10-9-13(7-8-14(10)16(19)20)11-3-5-12(6-4-11)15(17)18/h1,3-9H,(H,17,18)(H,19,20). The first-order valence-electron chi connectivity index (χ1n) is 5.70. The summed E-state index contributed by atoms with van der Waals surface area (Å²) in [7, 11) is 0. The third kappa shape index (κ3) is 2.52. The molecule has 0 amide bonds. The first kappa shape index (κ1) is 13.4. The minimum Gasteiger partial charge on any atom is -0.478 e. The molecule has 0 bridgehead atoms. The van der Waals surface area contributed by atoms with Crippen LogP contribution in [0.2, 0.25) is 0 Å². The quantitative estimate of drug-likeness (QED) is 0.838. The van der Waals surface area contributed by atoms with E-state index in [2.05, 4.69) is 5.92 Å². The lowest BCUT2D eigenvalue weighted by Gasteiger charge is -2.05. The van der Waals surface area contributed by atoms with Crippen LogP contribution in [0.15, 0.2) is 42.5 Å². The average molecular weight is 266 g/mol. The zero-order valence-electron chi connectivity index (χ0n) is 10.3. The monoisotopic (exact) mass is 266 g/mol. The molecule has 0 heterocycles. The van der Waals surface area contributed by atoms with Gasteiger partial charge in [-0.25, -0.2) is 9.59 Å². The maximum absolute atomic E-state index is 11.0. The second-order valence-corrected chi connectivity index (χ2v) is 4.09. The Morgan fingerprint density at radius 2 is 1.50 bits per heavy atom. The van der Waals surface area contributed by atoms with Gasteiger partial charge in [0.15, 0.2) is 0 Å². The summed E-state index contributed by atoms with van der Waals surface area (Å²) in [5.41, 5.74) is 2.05. The lowest BCUT2D eigenvalue weighted by Crippen LogP contribution is -2.00. The van der Waals surface area contributed by atoms with Gasteiger partial charge in [-0.15, -0.1) is 6.42 Å². The van der Waals surface area contributed by atoms with Crippen molar-refractivity contribution < 1.29 is 19.8 Å². The Balaban J connectivity index is 2.46. The van der Waals surface area contributed by atoms with E-state index in [-0.39, 0.29) is 16.7 Å². The van der Waals surface area contributed by atoms with E-state index in [1.54, 1.807) is 24.3 Å². The molecule has 2 aromatic rings. The van der Waals surface area contributed by atoms with Gasteiger partial charge in [-0.05, 0) is 35.4 Å². The predicted octanol–water partition coefficient (Wildman–Crippen LogP) is 2.73. The number of rotatable bonds is 3. The van der Waals surface area contributed by atoms with Crippen LogP contribution >= 0.6 is 0 Å². The number of carboxylic acid groups (broad SMARTS) is 2. The number of aromatic carboxylic acids is 2. The van der Waals surface area contributed by atoms with Crippen LogP contribution in [0.1, 0.15) is 26.3 Å². The molecular formula is C16H10O4. The molecule has 0 atom stereocenters. The Morgan fingerprint density at radius 3 is 2.00 bits per heavy atom. The summed E-state index contributed by atoms with van der Waals surface area (Å²) in [5.74, 6) is 0.266. The summed E-state index contributed by atoms with van der Waals surface area (Å²) in [6.45, 7) is 0. The number of carboxylic acids is 2. The fourth-order valence-electron chi connectivity index (χ4n) is 1.83. The van der Waals surface area contributed by atoms with Gasteiger partial charge < -0.3 is 10.2 Å². The fraction of sp³-hybridized carbons (Fsp3) is 0. The zero-order chi connectivity index (χ0) is 14.7. The minimum absolute atomic E-state index is 0.0680. The minimum atomic E-state index is -1.08. The fourth-order valence-corrected chi connectivity index (χ4v) is 1.83. The topological polar surface area (TPSA) is 74.6 Å². The van der Waals surface area contributed by atoms with Crippen LogP contribution in [0.25, 0.3) is 11.1 Å². The average Bonchev–Trinajstić information content (AvgIpc) is 2.46. The molecule has 0 saturated carbocycles. The van der Waals surface area contributed by atoms with Gasteiger partial charge in [0.1, 0.15) is 0 Å². The van der Waals surface area contributed by atoms with Crippen LogP contribution in [0, 0.1) is 12.3 Å². The van der Waals surface area contributed by atoms with Crippen LogP contribution in [0.3, 0.4) is 0 Å². The summed E-state index contributed by atoms with van der Waals surface area (Å²) in [6, 6.07) is 11.0. The first-order valence-corrected chi connectivity index (χ1v) is 5.70. The van der Waals surface area contributed by atoms with Crippen LogP contribution in [-0.2, 0) is 0 Å². The third-order valence-corrected chi connectivity index (χ3v) is 2.87. The Kier molecular flexibility index (Phi) is 3.54. The first-order chi connectivity index (χ1) is 9.52. The van der Waals surface area contributed by atoms with E-state index < -0.39 is 11.9 Å². The lowest BCUT2D eigenvalue weighted by atomic mass is 9.98. The molecule has 0 aliphatic rings. The Labute approximate surface area is 115 Å². The highest BCUT2D eigenvalue weighted by Gasteiger charge is 2.10. The molecule has 4 heteroatoms. The van der Waals surface area contributed by atoms with E-state index in [1.165, 1.54) is 18.2 Å². The summed E-state index contributed by atoms with van der Waals surface area (Å²) in [5, 5.41) is 17.8. The van der Waals surface area contributed by atoms with Gasteiger partial charge in [-0.3, -0.25) is 0 Å². The molecule has 98 valence electrons. The number of hydrogen-bond donors (Lipinski definition) is 2. The smallest absolute Gasteiger partial charge is 0.336 e. The van der Waals surface area contributed by atoms with E-state index in [0.717, 1.165) is 11.1 Å². The van der Waals surface area contributed by atoms with Gasteiger partial charge in [-0.2, -0.15) is 0 Å². The molecule has 0 spiro atoms. The lowest BCUT2D eigenvalue weighted by molar-refractivity contribution is 0.0686. The zero-order valence-corrected chi connectivity index (χ0v) is 10.3. The number of terminal acetylenes is 1. The van der Waals surface area contributed by atoms with E-state index in [9.17, 15) is 9.59 Å². The maximum atomic E-state index is 11.0. The van der Waals surface area contributed by atoms with Crippen LogP contribution in [0.4, 0.5) is 0 Å². The SMILES string of the molecule is C#Cc1cc(-c2ccc(C(=O)O)cc2)ccc1C(=O)O. The molecule has 2 N–H and O–H groups in total. The highest BCUT2D eigenvalue weighted by atomic mass is 16.4. The molecule has 0 radical (unpaired) electrons. The molecular weight excluding hydrogens is 256 g/mol. The van der Waals surface area contributed by atoms with Crippen molar-refractivity contribution in [3.63, 3.8) is 0 Å². The van der Waals surface area contributed by atoms with Gasteiger partial charge in [-0.1, -0.05) is 24.1 Å². The summed E-state index contributed by atoms with van der Waals surface area (Å²) in [6.07, 6.45) is 5.31. The Hall–Kier alpha value is -3.06. The van der Waals surface area contributed by atoms with Crippen molar-refractivity contribution in [2.45, 2.75) is 0 Å². The largest absolute Gasteiger partial charge is 0.478 e. The summed E-state index contributed by atoms with van der Waals surface area (Å²) < 4.78 is 0. The second kappa shape index (κ2) is 5.29. The van der Waals surface area contributed by atoms with Gasteiger partial charge >= 0.3 is 11.9 Å². The third-order valence-electron chi connectivity index (χ3n) is 2.87. The van der Waals surface area contributed by atoms with E-state index >= 15 is 0 Å². The Bertz CT molecular complexity index is 721. The predicted molar refractivity (Wildman–Crippen MR) is 73.7 cm³/mol. The van der Waals surface area contributed by atoms with Gasteiger partial charge in [0, 0.05) is 5.56 Å². The second-order valence-electron chi connectivity index (χ2n) is 4.09. The molecule has 0 fully saturated rings. The molecule has 2 rings (SSSR count). The van der Waals surface area contributed by atoms with Gasteiger partial charge in [0.25, 0.3) is 0 Å². The molecule has 20 heavy (non-hydrogen) atoms. The van der Waals surface area contributed by atoms with Crippen molar-refractivity contribution >= 4 is 11.9 Å². The number of carbonyl (C=O) groups is 2. The molecule has 0 aliphatic carbocycles. The normalized spacial score (nSPS) is 9.75. The van der Waals surface area contributed by atoms with Crippen LogP contribution in [0.5, 0.6) is 0 Å². The van der Waals surface area contributed by atoms with E-state index in [4.69, 9.17) is 16.6 Å². The summed E-state index contributed by atoms with van der Waals surface area (Å²) >= 11 is 0. The molecule has 0 saturated heterocycles. The van der Waals surface area contributed by atoms with Gasteiger partial charge in [0.2, 0.25) is 0 Å². The molecule has 0 aromatic heterocycles. The van der Waals surface area contributed by atoms with E-state index in [0.29, 0.717) is 0 Å². The highest BCUT2D eigenvalue weighted by molar-refractivity contribution is 5.92. The molecule has 4 nitrogen and oxygen atoms in total. The molecule has 2 aromatic carbocycles. The highest BCUT2D eigenvalue weighted by Crippen LogP contribution is 2.23. The summed E-state index contributed by atoms with van der Waals surface area (Å²) in [4.78, 5) is 21.8.